The van der Waals surface area contributed by atoms with Gasteiger partial charge in [-0.25, -0.2) is 4.39 Å². The van der Waals surface area contributed by atoms with Gasteiger partial charge in [-0.3, -0.25) is 0 Å². The van der Waals surface area contributed by atoms with Crippen molar-refractivity contribution in [3.05, 3.63) is 35.1 Å². The van der Waals surface area contributed by atoms with Gasteiger partial charge in [-0.05, 0) is 42.9 Å². The molecule has 104 valence electrons. The van der Waals surface area contributed by atoms with Crippen molar-refractivity contribution in [2.75, 3.05) is 0 Å². The molecule has 0 heterocycles. The van der Waals surface area contributed by atoms with Gasteiger partial charge < -0.3 is 10.8 Å². The molecule has 0 unspecified atom stereocenters. The van der Waals surface area contributed by atoms with E-state index in [0.717, 1.165) is 6.42 Å². The molecule has 0 radical (unpaired) electrons. The predicted octanol–water partition coefficient (Wildman–Crippen LogP) is 3.35. The molecule has 0 saturated carbocycles. The zero-order valence-electron chi connectivity index (χ0n) is 11.2. The molecule has 0 fully saturated rings. The second kappa shape index (κ2) is 7.72. The highest BCUT2D eigenvalue weighted by molar-refractivity contribution is 5.85. The van der Waals surface area contributed by atoms with Gasteiger partial charge in [0.25, 0.3) is 0 Å². The number of hydrogen-bond donors (Lipinski definition) is 2. The molecule has 0 spiro atoms. The lowest BCUT2D eigenvalue weighted by Crippen LogP contribution is -2.26. The Labute approximate surface area is 115 Å². The van der Waals surface area contributed by atoms with E-state index < -0.39 is 12.1 Å². The number of nitrogens with two attached hydrogens (primary N) is 1. The SMILES string of the molecule is Cc1ccc([C@H](N)[C@H](O)CCC(C)C)cc1F.Cl. The van der Waals surface area contributed by atoms with Crippen LogP contribution < -0.4 is 5.73 Å². The molecule has 1 rings (SSSR count). The third-order valence-corrected chi connectivity index (χ3v) is 3.04. The van der Waals surface area contributed by atoms with Crippen LogP contribution in [0.25, 0.3) is 0 Å². The molecule has 0 aliphatic carbocycles. The first-order valence-electron chi connectivity index (χ1n) is 6.11. The van der Waals surface area contributed by atoms with Crippen LogP contribution in [0.1, 0.15) is 43.9 Å². The largest absolute Gasteiger partial charge is 0.391 e. The van der Waals surface area contributed by atoms with E-state index in [0.29, 0.717) is 23.5 Å². The van der Waals surface area contributed by atoms with E-state index in [1.807, 2.05) is 0 Å². The number of aryl methyl sites for hydroxylation is 1. The number of rotatable bonds is 5. The van der Waals surface area contributed by atoms with Crippen LogP contribution in [-0.4, -0.2) is 11.2 Å². The molecule has 0 aliphatic rings. The first-order chi connectivity index (χ1) is 7.91. The van der Waals surface area contributed by atoms with Crippen LogP contribution >= 0.6 is 12.4 Å². The van der Waals surface area contributed by atoms with Gasteiger partial charge in [0.15, 0.2) is 0 Å². The Morgan fingerprint density at radius 2 is 1.89 bits per heavy atom. The Morgan fingerprint density at radius 1 is 1.28 bits per heavy atom. The van der Waals surface area contributed by atoms with Gasteiger partial charge in [0, 0.05) is 0 Å². The zero-order valence-corrected chi connectivity index (χ0v) is 12.0. The molecule has 0 bridgehead atoms. The summed E-state index contributed by atoms with van der Waals surface area (Å²) < 4.78 is 13.4. The highest BCUT2D eigenvalue weighted by atomic mass is 35.5. The van der Waals surface area contributed by atoms with Gasteiger partial charge >= 0.3 is 0 Å². The summed E-state index contributed by atoms with van der Waals surface area (Å²) in [5, 5.41) is 9.93. The van der Waals surface area contributed by atoms with Gasteiger partial charge in [0.1, 0.15) is 5.82 Å². The smallest absolute Gasteiger partial charge is 0.126 e. The summed E-state index contributed by atoms with van der Waals surface area (Å²) in [5.74, 6) is 0.264. The summed E-state index contributed by atoms with van der Waals surface area (Å²) >= 11 is 0. The molecule has 0 amide bonds. The first-order valence-corrected chi connectivity index (χ1v) is 6.11. The van der Waals surface area contributed by atoms with Crippen molar-refractivity contribution < 1.29 is 9.50 Å². The average molecular weight is 276 g/mol. The van der Waals surface area contributed by atoms with E-state index >= 15 is 0 Å². The van der Waals surface area contributed by atoms with Crippen LogP contribution in [0.5, 0.6) is 0 Å². The number of aliphatic hydroxyl groups excluding tert-OH is 1. The maximum absolute atomic E-state index is 13.4. The van der Waals surface area contributed by atoms with E-state index in [2.05, 4.69) is 13.8 Å². The number of aliphatic hydroxyl groups is 1. The lowest BCUT2D eigenvalue weighted by Gasteiger charge is -2.20. The highest BCUT2D eigenvalue weighted by Crippen LogP contribution is 2.21. The van der Waals surface area contributed by atoms with Gasteiger partial charge in [0.05, 0.1) is 12.1 Å². The van der Waals surface area contributed by atoms with Crippen molar-refractivity contribution in [1.82, 2.24) is 0 Å². The van der Waals surface area contributed by atoms with Crippen LogP contribution in [0, 0.1) is 18.7 Å². The summed E-state index contributed by atoms with van der Waals surface area (Å²) in [7, 11) is 0. The third-order valence-electron chi connectivity index (χ3n) is 3.04. The van der Waals surface area contributed by atoms with Gasteiger partial charge in [-0.1, -0.05) is 26.0 Å². The fourth-order valence-electron chi connectivity index (χ4n) is 1.72. The second-order valence-electron chi connectivity index (χ2n) is 5.07. The fraction of sp³-hybridized carbons (Fsp3) is 0.571. The van der Waals surface area contributed by atoms with E-state index in [4.69, 9.17) is 5.73 Å². The first kappa shape index (κ1) is 17.4. The molecule has 2 atom stereocenters. The molecule has 4 heteroatoms. The molecule has 3 N–H and O–H groups in total. The summed E-state index contributed by atoms with van der Waals surface area (Å²) in [6.45, 7) is 5.91. The Kier molecular flexibility index (Phi) is 7.45. The molecule has 0 saturated heterocycles. The Hall–Kier alpha value is -0.640. The topological polar surface area (TPSA) is 46.2 Å². The lowest BCUT2D eigenvalue weighted by molar-refractivity contribution is 0.128. The summed E-state index contributed by atoms with van der Waals surface area (Å²) in [4.78, 5) is 0. The van der Waals surface area contributed by atoms with Crippen molar-refractivity contribution >= 4 is 12.4 Å². The van der Waals surface area contributed by atoms with E-state index in [-0.39, 0.29) is 18.2 Å². The van der Waals surface area contributed by atoms with Gasteiger partial charge in [-0.15, -0.1) is 12.4 Å². The van der Waals surface area contributed by atoms with Crippen molar-refractivity contribution in [1.29, 1.82) is 0 Å². The minimum Gasteiger partial charge on any atom is -0.391 e. The molecule has 0 aliphatic heterocycles. The highest BCUT2D eigenvalue weighted by Gasteiger charge is 2.17. The number of benzene rings is 1. The maximum atomic E-state index is 13.4. The minimum atomic E-state index is -0.612. The number of halogens is 2. The van der Waals surface area contributed by atoms with Crippen LogP contribution in [0.15, 0.2) is 18.2 Å². The third kappa shape index (κ3) is 4.92. The van der Waals surface area contributed by atoms with Crippen molar-refractivity contribution in [3.63, 3.8) is 0 Å². The second-order valence-corrected chi connectivity index (χ2v) is 5.07. The minimum absolute atomic E-state index is 0. The van der Waals surface area contributed by atoms with Crippen LogP contribution in [-0.2, 0) is 0 Å². The molecule has 18 heavy (non-hydrogen) atoms. The molecular formula is C14H23ClFNO. The maximum Gasteiger partial charge on any atom is 0.126 e. The Morgan fingerprint density at radius 3 is 2.39 bits per heavy atom. The van der Waals surface area contributed by atoms with E-state index in [1.165, 1.54) is 6.07 Å². The van der Waals surface area contributed by atoms with Crippen LogP contribution in [0.2, 0.25) is 0 Å². The summed E-state index contributed by atoms with van der Waals surface area (Å²) in [5.41, 5.74) is 7.18. The van der Waals surface area contributed by atoms with Crippen molar-refractivity contribution in [2.45, 2.75) is 45.8 Å². The molecular weight excluding hydrogens is 253 g/mol. The standard InChI is InChI=1S/C14H22FNO.ClH/c1-9(2)4-7-13(17)14(16)11-6-5-10(3)12(15)8-11;/h5-6,8-9,13-14,17H,4,7,16H2,1-3H3;1H/t13-,14+;/m1./s1. The quantitative estimate of drug-likeness (QED) is 0.866. The summed E-state index contributed by atoms with van der Waals surface area (Å²) in [6.07, 6.45) is 0.955. The Bertz CT molecular complexity index is 371. The zero-order chi connectivity index (χ0) is 13.0. The van der Waals surface area contributed by atoms with Gasteiger partial charge in [-0.2, -0.15) is 0 Å². The van der Waals surface area contributed by atoms with Gasteiger partial charge in [0.2, 0.25) is 0 Å². The predicted molar refractivity (Wildman–Crippen MR) is 75.4 cm³/mol. The van der Waals surface area contributed by atoms with Crippen LogP contribution in [0.3, 0.4) is 0 Å². The average Bonchev–Trinajstić information content (AvgIpc) is 2.28. The normalized spacial score (nSPS) is 14.2. The monoisotopic (exact) mass is 275 g/mol. The Balaban J connectivity index is 0.00000289. The fourth-order valence-corrected chi connectivity index (χ4v) is 1.72. The van der Waals surface area contributed by atoms with E-state index in [1.54, 1.807) is 19.1 Å². The van der Waals surface area contributed by atoms with Crippen LogP contribution in [0.4, 0.5) is 4.39 Å². The molecule has 1 aromatic carbocycles. The van der Waals surface area contributed by atoms with E-state index in [9.17, 15) is 9.50 Å². The van der Waals surface area contributed by atoms with Crippen molar-refractivity contribution in [2.24, 2.45) is 11.7 Å². The lowest BCUT2D eigenvalue weighted by atomic mass is 9.95. The summed E-state index contributed by atoms with van der Waals surface area (Å²) in [6, 6.07) is 4.38. The van der Waals surface area contributed by atoms with Crippen molar-refractivity contribution in [3.8, 4) is 0 Å². The number of hydrogen-bond acceptors (Lipinski definition) is 2. The molecule has 0 aromatic heterocycles. The molecule has 2 nitrogen and oxygen atoms in total. The molecule has 1 aromatic rings.